The van der Waals surface area contributed by atoms with Gasteiger partial charge in [-0.05, 0) is 41.6 Å². The van der Waals surface area contributed by atoms with Crippen molar-refractivity contribution in [1.82, 2.24) is 20.2 Å². The molecule has 0 unspecified atom stereocenters. The molecule has 0 aliphatic rings. The number of nitrogens with one attached hydrogen (secondary N) is 1. The zero-order valence-electron chi connectivity index (χ0n) is 12.0. The second-order valence-electron chi connectivity index (χ2n) is 4.85. The number of tetrazole rings is 1. The summed E-state index contributed by atoms with van der Waals surface area (Å²) < 4.78 is 37.8. The fraction of sp³-hybridized carbons (Fsp3) is 0.133. The number of para-hydroxylation sites is 1. The van der Waals surface area contributed by atoms with E-state index < -0.39 is 11.7 Å². The van der Waals surface area contributed by atoms with Gasteiger partial charge in [-0.3, -0.25) is 0 Å². The molecule has 0 spiro atoms. The smallest absolute Gasteiger partial charge is 0.355 e. The molecule has 23 heavy (non-hydrogen) atoms. The molecule has 0 fully saturated rings. The van der Waals surface area contributed by atoms with E-state index in [-0.39, 0.29) is 0 Å². The van der Waals surface area contributed by atoms with Crippen molar-refractivity contribution in [2.24, 2.45) is 7.05 Å². The first-order chi connectivity index (χ1) is 10.9. The summed E-state index contributed by atoms with van der Waals surface area (Å²) in [7, 11) is 1.66. The molecule has 2 aromatic carbocycles. The van der Waals surface area contributed by atoms with Crippen molar-refractivity contribution < 1.29 is 13.2 Å². The Morgan fingerprint density at radius 1 is 1.00 bits per heavy atom. The lowest BCUT2D eigenvalue weighted by Gasteiger charge is -2.11. The molecule has 0 saturated heterocycles. The van der Waals surface area contributed by atoms with Gasteiger partial charge in [-0.1, -0.05) is 12.1 Å². The number of aryl methyl sites for hydroxylation is 1. The van der Waals surface area contributed by atoms with Crippen LogP contribution < -0.4 is 5.32 Å². The van der Waals surface area contributed by atoms with Crippen molar-refractivity contribution in [3.63, 3.8) is 0 Å². The second-order valence-corrected chi connectivity index (χ2v) is 4.85. The summed E-state index contributed by atoms with van der Waals surface area (Å²) in [5, 5.41) is 14.9. The maximum Gasteiger partial charge on any atom is 0.416 e. The maximum absolute atomic E-state index is 12.6. The van der Waals surface area contributed by atoms with Crippen LogP contribution in [0.2, 0.25) is 0 Å². The van der Waals surface area contributed by atoms with Gasteiger partial charge in [0.05, 0.1) is 12.6 Å². The van der Waals surface area contributed by atoms with Crippen molar-refractivity contribution in [3.8, 4) is 11.4 Å². The quantitative estimate of drug-likeness (QED) is 0.801. The minimum Gasteiger partial charge on any atom is -0.355 e. The van der Waals surface area contributed by atoms with Crippen LogP contribution in [0.1, 0.15) is 5.56 Å². The largest absolute Gasteiger partial charge is 0.416 e. The van der Waals surface area contributed by atoms with Gasteiger partial charge < -0.3 is 5.32 Å². The Hall–Kier alpha value is -2.90. The summed E-state index contributed by atoms with van der Waals surface area (Å²) >= 11 is 0. The molecule has 3 rings (SSSR count). The first-order valence-corrected chi connectivity index (χ1v) is 6.71. The average Bonchev–Trinajstić information content (AvgIpc) is 2.94. The number of hydrogen-bond acceptors (Lipinski definition) is 4. The Kier molecular flexibility index (Phi) is 3.73. The third kappa shape index (κ3) is 3.31. The number of halogens is 3. The van der Waals surface area contributed by atoms with Crippen LogP contribution in [0.4, 0.5) is 24.5 Å². The highest BCUT2D eigenvalue weighted by atomic mass is 19.4. The van der Waals surface area contributed by atoms with Gasteiger partial charge in [0.1, 0.15) is 0 Å². The van der Waals surface area contributed by atoms with Gasteiger partial charge in [-0.25, -0.2) is 0 Å². The van der Waals surface area contributed by atoms with Crippen molar-refractivity contribution >= 4 is 11.4 Å². The van der Waals surface area contributed by atoms with Crippen LogP contribution in [0.25, 0.3) is 11.4 Å². The second kappa shape index (κ2) is 5.71. The van der Waals surface area contributed by atoms with Crippen molar-refractivity contribution in [3.05, 3.63) is 54.1 Å². The third-order valence-corrected chi connectivity index (χ3v) is 3.17. The van der Waals surface area contributed by atoms with Crippen molar-refractivity contribution in [2.45, 2.75) is 6.18 Å². The number of nitrogens with zero attached hydrogens (tertiary/aromatic N) is 4. The molecule has 8 heteroatoms. The van der Waals surface area contributed by atoms with Crippen LogP contribution in [0, 0.1) is 0 Å². The van der Waals surface area contributed by atoms with Crippen LogP contribution in [-0.2, 0) is 13.2 Å². The molecular weight excluding hydrogens is 307 g/mol. The van der Waals surface area contributed by atoms with Gasteiger partial charge in [-0.15, -0.1) is 10.2 Å². The number of anilines is 2. The molecule has 0 saturated carbocycles. The SMILES string of the molecule is Cn1nnc(-c2ccccc2Nc2ccc(C(F)(F)F)cc2)n1. The summed E-state index contributed by atoms with van der Waals surface area (Å²) in [6.45, 7) is 0. The predicted molar refractivity (Wildman–Crippen MR) is 79.0 cm³/mol. The summed E-state index contributed by atoms with van der Waals surface area (Å²) in [5.41, 5.74) is 1.24. The van der Waals surface area contributed by atoms with E-state index >= 15 is 0 Å². The maximum atomic E-state index is 12.6. The topological polar surface area (TPSA) is 55.6 Å². The summed E-state index contributed by atoms with van der Waals surface area (Å²) in [5.74, 6) is 0.433. The predicted octanol–water partition coefficient (Wildman–Crippen LogP) is 3.64. The molecule has 0 atom stereocenters. The van der Waals surface area contributed by atoms with Crippen LogP contribution in [0.15, 0.2) is 48.5 Å². The van der Waals surface area contributed by atoms with Gasteiger partial charge in [-0.2, -0.15) is 18.0 Å². The van der Waals surface area contributed by atoms with E-state index in [1.54, 1.807) is 13.1 Å². The number of benzene rings is 2. The van der Waals surface area contributed by atoms with E-state index in [4.69, 9.17) is 0 Å². The fourth-order valence-electron chi connectivity index (χ4n) is 2.08. The summed E-state index contributed by atoms with van der Waals surface area (Å²) in [6, 6.07) is 12.1. The highest BCUT2D eigenvalue weighted by Gasteiger charge is 2.29. The van der Waals surface area contributed by atoms with E-state index in [1.807, 2.05) is 18.2 Å². The third-order valence-electron chi connectivity index (χ3n) is 3.17. The van der Waals surface area contributed by atoms with E-state index in [0.29, 0.717) is 22.8 Å². The molecular formula is C15H12F3N5. The number of aromatic nitrogens is 4. The highest BCUT2D eigenvalue weighted by Crippen LogP contribution is 2.31. The van der Waals surface area contributed by atoms with E-state index in [0.717, 1.165) is 12.1 Å². The van der Waals surface area contributed by atoms with E-state index in [9.17, 15) is 13.2 Å². The first kappa shape index (κ1) is 15.0. The Morgan fingerprint density at radius 3 is 2.30 bits per heavy atom. The zero-order valence-corrected chi connectivity index (χ0v) is 12.0. The van der Waals surface area contributed by atoms with Gasteiger partial charge in [0, 0.05) is 16.9 Å². The van der Waals surface area contributed by atoms with Crippen molar-refractivity contribution in [2.75, 3.05) is 5.32 Å². The molecule has 1 N–H and O–H groups in total. The normalized spacial score (nSPS) is 11.5. The van der Waals surface area contributed by atoms with Crippen LogP contribution in [0.5, 0.6) is 0 Å². The lowest BCUT2D eigenvalue weighted by molar-refractivity contribution is -0.137. The standard InChI is InChI=1S/C15H12F3N5/c1-23-21-14(20-22-23)12-4-2-3-5-13(12)19-11-8-6-10(7-9-11)15(16,17)18/h2-9,19H,1H3. The average molecular weight is 319 g/mol. The first-order valence-electron chi connectivity index (χ1n) is 6.71. The summed E-state index contributed by atoms with van der Waals surface area (Å²) in [6.07, 6.45) is -4.35. The van der Waals surface area contributed by atoms with E-state index in [2.05, 4.69) is 20.7 Å². The molecule has 0 aliphatic carbocycles. The number of hydrogen-bond donors (Lipinski definition) is 1. The molecule has 1 heterocycles. The lowest BCUT2D eigenvalue weighted by atomic mass is 10.1. The number of rotatable bonds is 3. The molecule has 118 valence electrons. The fourth-order valence-corrected chi connectivity index (χ4v) is 2.08. The van der Waals surface area contributed by atoms with Crippen LogP contribution in [0.3, 0.4) is 0 Å². The zero-order chi connectivity index (χ0) is 16.4. The monoisotopic (exact) mass is 319 g/mol. The molecule has 0 bridgehead atoms. The Labute approximate surface area is 129 Å². The molecule has 5 nitrogen and oxygen atoms in total. The van der Waals surface area contributed by atoms with Gasteiger partial charge in [0.15, 0.2) is 0 Å². The lowest BCUT2D eigenvalue weighted by Crippen LogP contribution is -2.04. The van der Waals surface area contributed by atoms with Gasteiger partial charge >= 0.3 is 6.18 Å². The Bertz CT molecular complexity index is 808. The van der Waals surface area contributed by atoms with Crippen LogP contribution in [-0.4, -0.2) is 20.2 Å². The molecule has 0 aliphatic heterocycles. The molecule has 3 aromatic rings. The van der Waals surface area contributed by atoms with Crippen LogP contribution >= 0.6 is 0 Å². The minimum absolute atomic E-state index is 0.433. The Morgan fingerprint density at radius 2 is 1.70 bits per heavy atom. The highest BCUT2D eigenvalue weighted by molar-refractivity contribution is 5.77. The number of alkyl halides is 3. The minimum atomic E-state index is -4.35. The molecule has 0 amide bonds. The van der Waals surface area contributed by atoms with Gasteiger partial charge in [0.25, 0.3) is 0 Å². The van der Waals surface area contributed by atoms with E-state index in [1.165, 1.54) is 16.9 Å². The molecule has 1 aromatic heterocycles. The molecule has 0 radical (unpaired) electrons. The Balaban J connectivity index is 1.89. The van der Waals surface area contributed by atoms with Gasteiger partial charge in [0.2, 0.25) is 5.82 Å². The van der Waals surface area contributed by atoms with Crippen molar-refractivity contribution in [1.29, 1.82) is 0 Å². The summed E-state index contributed by atoms with van der Waals surface area (Å²) in [4.78, 5) is 1.34.